The summed E-state index contributed by atoms with van der Waals surface area (Å²) in [5.41, 5.74) is 2.96. The highest BCUT2D eigenvalue weighted by atomic mass is 16.5. The second-order valence-corrected chi connectivity index (χ2v) is 5.14. The molecule has 23 heavy (non-hydrogen) atoms. The summed E-state index contributed by atoms with van der Waals surface area (Å²) < 4.78 is 5.12. The number of nitrogens with zero attached hydrogens (tertiary/aromatic N) is 3. The third-order valence-electron chi connectivity index (χ3n) is 3.55. The molecule has 7 heteroatoms. The highest BCUT2D eigenvalue weighted by Gasteiger charge is 2.19. The van der Waals surface area contributed by atoms with Crippen LogP contribution in [0.5, 0.6) is 0 Å². The molecule has 3 rings (SSSR count). The second kappa shape index (κ2) is 6.87. The molecule has 1 aliphatic carbocycles. The van der Waals surface area contributed by atoms with Gasteiger partial charge in [-0.1, -0.05) is 35.5 Å². The molecule has 0 radical (unpaired) electrons. The molecule has 0 bridgehead atoms. The molecule has 7 nitrogen and oxygen atoms in total. The first kappa shape index (κ1) is 15.0. The van der Waals surface area contributed by atoms with Gasteiger partial charge in [0.25, 0.3) is 0 Å². The van der Waals surface area contributed by atoms with Crippen LogP contribution in [0.15, 0.2) is 41.7 Å². The van der Waals surface area contributed by atoms with Gasteiger partial charge in [-0.05, 0) is 24.8 Å². The van der Waals surface area contributed by atoms with Crippen molar-refractivity contribution in [3.8, 4) is 0 Å². The van der Waals surface area contributed by atoms with E-state index in [0.29, 0.717) is 12.1 Å². The zero-order chi connectivity index (χ0) is 16.1. The Bertz CT molecular complexity index is 731. The Morgan fingerprint density at radius 2 is 2.13 bits per heavy atom. The van der Waals surface area contributed by atoms with Crippen LogP contribution in [-0.4, -0.2) is 27.0 Å². The van der Waals surface area contributed by atoms with Crippen LogP contribution in [0.4, 0.5) is 10.7 Å². The van der Waals surface area contributed by atoms with E-state index in [-0.39, 0.29) is 12.6 Å². The lowest BCUT2D eigenvalue weighted by atomic mass is 9.95. The van der Waals surface area contributed by atoms with Gasteiger partial charge < -0.3 is 9.94 Å². The smallest absolute Gasteiger partial charge is 0.414 e. The number of nitrogens with one attached hydrogen (secondary N) is 1. The summed E-state index contributed by atoms with van der Waals surface area (Å²) >= 11 is 0. The molecule has 0 saturated carbocycles. The lowest BCUT2D eigenvalue weighted by Crippen LogP contribution is -2.19. The van der Waals surface area contributed by atoms with Crippen molar-refractivity contribution in [2.75, 3.05) is 5.32 Å². The molecule has 118 valence electrons. The molecule has 1 amide bonds. The van der Waals surface area contributed by atoms with Gasteiger partial charge in [0.15, 0.2) is 0 Å². The minimum absolute atomic E-state index is 0.179. The first-order valence-corrected chi connectivity index (χ1v) is 7.31. The lowest BCUT2D eigenvalue weighted by molar-refractivity contribution is 0.155. The summed E-state index contributed by atoms with van der Waals surface area (Å²) in [7, 11) is 0. The standard InChI is InChI=1S/C16H16N4O3/c21-16(23-10-11-5-2-1-3-6-11)19-15-17-9-12-13(18-15)7-4-8-14(12)20-22/h1-3,5-6,9,22H,4,7-8,10H2,(H,17,18,19,21)/b20-14+. The van der Waals surface area contributed by atoms with Gasteiger partial charge >= 0.3 is 6.09 Å². The largest absolute Gasteiger partial charge is 0.444 e. The Morgan fingerprint density at radius 1 is 1.30 bits per heavy atom. The molecule has 1 heterocycles. The maximum absolute atomic E-state index is 11.8. The van der Waals surface area contributed by atoms with Gasteiger partial charge in [0.05, 0.1) is 11.4 Å². The van der Waals surface area contributed by atoms with Crippen molar-refractivity contribution in [1.82, 2.24) is 9.97 Å². The van der Waals surface area contributed by atoms with Crippen LogP contribution < -0.4 is 5.32 Å². The number of amides is 1. The van der Waals surface area contributed by atoms with E-state index in [9.17, 15) is 4.79 Å². The van der Waals surface area contributed by atoms with E-state index >= 15 is 0 Å². The SMILES string of the molecule is O=C(Nc1ncc2c(n1)CCC/C2=N\O)OCc1ccccc1. The summed E-state index contributed by atoms with van der Waals surface area (Å²) in [6.45, 7) is 0.179. The van der Waals surface area contributed by atoms with E-state index in [1.807, 2.05) is 30.3 Å². The number of oxime groups is 1. The lowest BCUT2D eigenvalue weighted by Gasteiger charge is -2.16. The Labute approximate surface area is 133 Å². The van der Waals surface area contributed by atoms with Gasteiger partial charge in [0, 0.05) is 11.8 Å². The minimum atomic E-state index is -0.610. The summed E-state index contributed by atoms with van der Waals surface area (Å²) in [4.78, 5) is 20.2. The van der Waals surface area contributed by atoms with E-state index in [4.69, 9.17) is 9.94 Å². The van der Waals surface area contributed by atoms with Crippen LogP contribution in [-0.2, 0) is 17.8 Å². The average molecular weight is 312 g/mol. The molecule has 2 N–H and O–H groups in total. The summed E-state index contributed by atoms with van der Waals surface area (Å²) in [6, 6.07) is 9.40. The van der Waals surface area contributed by atoms with Crippen molar-refractivity contribution in [1.29, 1.82) is 0 Å². The number of hydrogen-bond donors (Lipinski definition) is 2. The maximum atomic E-state index is 11.8. The monoisotopic (exact) mass is 312 g/mol. The molecule has 0 fully saturated rings. The molecule has 0 unspecified atom stereocenters. The first-order chi connectivity index (χ1) is 11.3. The number of benzene rings is 1. The number of carbonyl (C=O) groups excluding carboxylic acids is 1. The fraction of sp³-hybridized carbons (Fsp3) is 0.250. The first-order valence-electron chi connectivity index (χ1n) is 7.31. The van der Waals surface area contributed by atoms with E-state index in [2.05, 4.69) is 20.4 Å². The molecular weight excluding hydrogens is 296 g/mol. The van der Waals surface area contributed by atoms with Gasteiger partial charge in [-0.2, -0.15) is 0 Å². The fourth-order valence-electron chi connectivity index (χ4n) is 2.42. The normalized spacial score (nSPS) is 15.0. The van der Waals surface area contributed by atoms with Crippen LogP contribution in [0.1, 0.15) is 29.7 Å². The second-order valence-electron chi connectivity index (χ2n) is 5.14. The van der Waals surface area contributed by atoms with Crippen molar-refractivity contribution in [3.63, 3.8) is 0 Å². The molecule has 0 atom stereocenters. The molecule has 1 aromatic carbocycles. The molecule has 2 aromatic rings. The summed E-state index contributed by atoms with van der Waals surface area (Å²) in [5, 5.41) is 14.7. The van der Waals surface area contributed by atoms with E-state index in [1.54, 1.807) is 6.20 Å². The van der Waals surface area contributed by atoms with Gasteiger partial charge in [-0.25, -0.2) is 14.8 Å². The predicted molar refractivity (Wildman–Crippen MR) is 83.5 cm³/mol. The topological polar surface area (TPSA) is 96.7 Å². The Hall–Kier alpha value is -2.96. The average Bonchev–Trinajstić information content (AvgIpc) is 2.60. The fourth-order valence-corrected chi connectivity index (χ4v) is 2.42. The zero-order valence-electron chi connectivity index (χ0n) is 12.4. The number of hydrogen-bond acceptors (Lipinski definition) is 6. The molecule has 0 spiro atoms. The molecule has 0 saturated heterocycles. The number of aryl methyl sites for hydroxylation is 1. The van der Waals surface area contributed by atoms with Crippen molar-refractivity contribution >= 4 is 17.8 Å². The van der Waals surface area contributed by atoms with Crippen molar-refractivity contribution in [3.05, 3.63) is 53.3 Å². The van der Waals surface area contributed by atoms with E-state index in [1.165, 1.54) is 0 Å². The Balaban J connectivity index is 1.63. The van der Waals surface area contributed by atoms with E-state index < -0.39 is 6.09 Å². The Morgan fingerprint density at radius 3 is 2.91 bits per heavy atom. The zero-order valence-corrected chi connectivity index (χ0v) is 12.4. The van der Waals surface area contributed by atoms with Crippen LogP contribution in [0.2, 0.25) is 0 Å². The predicted octanol–water partition coefficient (Wildman–Crippen LogP) is 2.74. The Kier molecular flexibility index (Phi) is 4.46. The highest BCUT2D eigenvalue weighted by Crippen LogP contribution is 2.20. The summed E-state index contributed by atoms with van der Waals surface area (Å²) in [6.07, 6.45) is 3.24. The van der Waals surface area contributed by atoms with Crippen molar-refractivity contribution in [2.24, 2.45) is 5.16 Å². The number of anilines is 1. The summed E-state index contributed by atoms with van der Waals surface area (Å²) in [5.74, 6) is 0.181. The third-order valence-corrected chi connectivity index (χ3v) is 3.55. The van der Waals surface area contributed by atoms with Gasteiger partial charge in [0.2, 0.25) is 5.95 Å². The van der Waals surface area contributed by atoms with E-state index in [0.717, 1.165) is 29.7 Å². The van der Waals surface area contributed by atoms with Crippen LogP contribution in [0.25, 0.3) is 0 Å². The minimum Gasteiger partial charge on any atom is -0.444 e. The molecule has 0 aliphatic heterocycles. The number of aromatic nitrogens is 2. The van der Waals surface area contributed by atoms with Gasteiger partial charge in [0.1, 0.15) is 6.61 Å². The number of fused-ring (bicyclic) bond motifs is 1. The number of rotatable bonds is 3. The van der Waals surface area contributed by atoms with Crippen LogP contribution in [0, 0.1) is 0 Å². The maximum Gasteiger partial charge on any atom is 0.414 e. The van der Waals surface area contributed by atoms with Crippen LogP contribution >= 0.6 is 0 Å². The molecule has 1 aliphatic rings. The van der Waals surface area contributed by atoms with Crippen molar-refractivity contribution < 1.29 is 14.7 Å². The number of ether oxygens (including phenoxy) is 1. The highest BCUT2D eigenvalue weighted by molar-refractivity contribution is 6.01. The van der Waals surface area contributed by atoms with Gasteiger partial charge in [-0.3, -0.25) is 5.32 Å². The van der Waals surface area contributed by atoms with Crippen LogP contribution in [0.3, 0.4) is 0 Å². The van der Waals surface area contributed by atoms with Crippen molar-refractivity contribution in [2.45, 2.75) is 25.9 Å². The molecule has 1 aromatic heterocycles. The molecular formula is C16H16N4O3. The number of carbonyl (C=O) groups is 1. The van der Waals surface area contributed by atoms with Gasteiger partial charge in [-0.15, -0.1) is 0 Å². The quantitative estimate of drug-likeness (QED) is 0.671. The third kappa shape index (κ3) is 3.63.